The molecule has 0 atom stereocenters. The maximum atomic E-state index is 12.1. The fraction of sp³-hybridized carbons (Fsp3) is 0.882. The van der Waals surface area contributed by atoms with Crippen LogP contribution in [0.4, 0.5) is 4.79 Å². The first-order valence-electron chi connectivity index (χ1n) is 9.06. The zero-order valence-electron chi connectivity index (χ0n) is 14.8. The number of carboxylic acid groups (broad SMARTS) is 1. The fourth-order valence-electron chi connectivity index (χ4n) is 3.64. The van der Waals surface area contributed by atoms with E-state index in [0.29, 0.717) is 6.54 Å². The molecule has 1 saturated carbocycles. The Morgan fingerprint density at radius 2 is 1.92 bits per heavy atom. The minimum Gasteiger partial charge on any atom is -0.480 e. The van der Waals surface area contributed by atoms with Gasteiger partial charge >= 0.3 is 12.0 Å². The number of ether oxygens (including phenoxy) is 1. The van der Waals surface area contributed by atoms with Crippen molar-refractivity contribution in [2.75, 3.05) is 32.8 Å². The molecule has 0 radical (unpaired) electrons. The van der Waals surface area contributed by atoms with Gasteiger partial charge < -0.3 is 20.5 Å². The lowest BCUT2D eigenvalue weighted by atomic mass is 9.78. The van der Waals surface area contributed by atoms with Crippen molar-refractivity contribution in [2.24, 2.45) is 5.41 Å². The van der Waals surface area contributed by atoms with E-state index < -0.39 is 5.97 Å². The van der Waals surface area contributed by atoms with Crippen LogP contribution in [0.2, 0.25) is 0 Å². The van der Waals surface area contributed by atoms with Crippen LogP contribution >= 0.6 is 0 Å². The zero-order valence-corrected chi connectivity index (χ0v) is 14.8. The molecule has 0 aromatic carbocycles. The van der Waals surface area contributed by atoms with Gasteiger partial charge in [-0.1, -0.05) is 13.8 Å². The standard InChI is InChI=1S/C17H31N3O4/c1-3-17(5-7-24-8-6-17)12-18-16(23)19-13-9-14(10-13)20(4-2)11-15(21)22/h13-14H,3-12H2,1-2H3,(H,21,22)(H2,18,19,23). The highest BCUT2D eigenvalue weighted by Crippen LogP contribution is 2.33. The first kappa shape index (κ1) is 19.0. The van der Waals surface area contributed by atoms with Crippen molar-refractivity contribution in [3.8, 4) is 0 Å². The lowest BCUT2D eigenvalue weighted by Gasteiger charge is -2.42. The Labute approximate surface area is 144 Å². The Bertz CT molecular complexity index is 432. The Hall–Kier alpha value is -1.34. The molecule has 0 unspecified atom stereocenters. The predicted molar refractivity (Wildman–Crippen MR) is 91.0 cm³/mol. The first-order chi connectivity index (χ1) is 11.5. The molecular weight excluding hydrogens is 310 g/mol. The number of amides is 2. The van der Waals surface area contributed by atoms with E-state index >= 15 is 0 Å². The molecule has 0 aromatic heterocycles. The average Bonchev–Trinajstić information content (AvgIpc) is 2.54. The third-order valence-corrected chi connectivity index (χ3v) is 5.64. The van der Waals surface area contributed by atoms with Gasteiger partial charge in [0, 0.05) is 31.8 Å². The van der Waals surface area contributed by atoms with Gasteiger partial charge in [0.2, 0.25) is 0 Å². The molecule has 1 saturated heterocycles. The molecule has 0 aromatic rings. The maximum Gasteiger partial charge on any atom is 0.317 e. The molecule has 0 bridgehead atoms. The minimum atomic E-state index is -0.799. The van der Waals surface area contributed by atoms with Crippen molar-refractivity contribution in [1.29, 1.82) is 0 Å². The van der Waals surface area contributed by atoms with Crippen LogP contribution in [0.3, 0.4) is 0 Å². The second kappa shape index (κ2) is 8.67. The monoisotopic (exact) mass is 341 g/mol. The summed E-state index contributed by atoms with van der Waals surface area (Å²) >= 11 is 0. The van der Waals surface area contributed by atoms with Crippen molar-refractivity contribution < 1.29 is 19.4 Å². The first-order valence-corrected chi connectivity index (χ1v) is 9.06. The van der Waals surface area contributed by atoms with Crippen molar-refractivity contribution in [1.82, 2.24) is 15.5 Å². The van der Waals surface area contributed by atoms with Crippen LogP contribution in [0.1, 0.15) is 46.0 Å². The van der Waals surface area contributed by atoms with Gasteiger partial charge in [-0.15, -0.1) is 0 Å². The summed E-state index contributed by atoms with van der Waals surface area (Å²) in [6.45, 7) is 7.17. The number of nitrogens with one attached hydrogen (secondary N) is 2. The SMILES string of the molecule is CCN(CC(=O)O)C1CC(NC(=O)NCC2(CC)CCOCC2)C1. The summed E-state index contributed by atoms with van der Waals surface area (Å²) in [6.07, 6.45) is 4.68. The van der Waals surface area contributed by atoms with Crippen LogP contribution in [-0.4, -0.2) is 66.9 Å². The quantitative estimate of drug-likeness (QED) is 0.621. The average molecular weight is 341 g/mol. The lowest BCUT2D eigenvalue weighted by molar-refractivity contribution is -0.139. The number of urea groups is 1. The molecule has 1 aliphatic heterocycles. The zero-order chi connectivity index (χ0) is 17.6. The Morgan fingerprint density at radius 1 is 1.25 bits per heavy atom. The van der Waals surface area contributed by atoms with Gasteiger partial charge in [0.1, 0.15) is 0 Å². The van der Waals surface area contributed by atoms with Crippen molar-refractivity contribution in [3.63, 3.8) is 0 Å². The third kappa shape index (κ3) is 5.08. The molecule has 2 aliphatic rings. The number of aliphatic carboxylic acids is 1. The van der Waals surface area contributed by atoms with E-state index in [1.165, 1.54) is 0 Å². The van der Waals surface area contributed by atoms with Gasteiger partial charge in [0.25, 0.3) is 0 Å². The molecule has 0 spiro atoms. The number of carboxylic acids is 1. The smallest absolute Gasteiger partial charge is 0.317 e. The van der Waals surface area contributed by atoms with Gasteiger partial charge in [-0.05, 0) is 44.1 Å². The van der Waals surface area contributed by atoms with Crippen LogP contribution in [-0.2, 0) is 9.53 Å². The topological polar surface area (TPSA) is 90.9 Å². The Morgan fingerprint density at radius 3 is 2.46 bits per heavy atom. The molecule has 3 N–H and O–H groups in total. The maximum absolute atomic E-state index is 12.1. The highest BCUT2D eigenvalue weighted by molar-refractivity contribution is 5.74. The van der Waals surface area contributed by atoms with Gasteiger partial charge in [0.05, 0.1) is 6.54 Å². The predicted octanol–water partition coefficient (Wildman–Crippen LogP) is 1.43. The van der Waals surface area contributed by atoms with Gasteiger partial charge in [0.15, 0.2) is 0 Å². The van der Waals surface area contributed by atoms with Gasteiger partial charge in [-0.25, -0.2) is 4.79 Å². The summed E-state index contributed by atoms with van der Waals surface area (Å²) in [6, 6.07) is 0.290. The molecular formula is C17H31N3O4. The summed E-state index contributed by atoms with van der Waals surface area (Å²) in [5.41, 5.74) is 0.165. The van der Waals surface area contributed by atoms with E-state index in [0.717, 1.165) is 51.9 Å². The fourth-order valence-corrected chi connectivity index (χ4v) is 3.64. The van der Waals surface area contributed by atoms with E-state index in [4.69, 9.17) is 9.84 Å². The number of likely N-dealkylation sites (N-methyl/N-ethyl adjacent to an activating group) is 1. The summed E-state index contributed by atoms with van der Waals surface area (Å²) in [4.78, 5) is 24.9. The normalized spacial score (nSPS) is 25.8. The van der Waals surface area contributed by atoms with Crippen molar-refractivity contribution in [2.45, 2.75) is 58.0 Å². The van der Waals surface area contributed by atoms with Crippen LogP contribution in [0.5, 0.6) is 0 Å². The second-order valence-corrected chi connectivity index (χ2v) is 7.07. The molecule has 2 fully saturated rings. The third-order valence-electron chi connectivity index (χ3n) is 5.64. The number of hydrogen-bond acceptors (Lipinski definition) is 4. The van der Waals surface area contributed by atoms with Crippen molar-refractivity contribution in [3.05, 3.63) is 0 Å². The number of nitrogens with zero attached hydrogens (tertiary/aromatic N) is 1. The Balaban J connectivity index is 1.68. The largest absolute Gasteiger partial charge is 0.480 e. The highest BCUT2D eigenvalue weighted by atomic mass is 16.5. The molecule has 1 aliphatic carbocycles. The molecule has 2 amide bonds. The van der Waals surface area contributed by atoms with Gasteiger partial charge in [-0.2, -0.15) is 0 Å². The number of carbonyl (C=O) groups excluding carboxylic acids is 1. The summed E-state index contributed by atoms with van der Waals surface area (Å²) in [7, 11) is 0. The summed E-state index contributed by atoms with van der Waals surface area (Å²) in [5.74, 6) is -0.799. The van der Waals surface area contributed by atoms with Crippen molar-refractivity contribution >= 4 is 12.0 Å². The van der Waals surface area contributed by atoms with Crippen LogP contribution in [0, 0.1) is 5.41 Å². The van der Waals surface area contributed by atoms with E-state index in [2.05, 4.69) is 17.6 Å². The Kier molecular flexibility index (Phi) is 6.86. The van der Waals surface area contributed by atoms with Crippen LogP contribution < -0.4 is 10.6 Å². The summed E-state index contributed by atoms with van der Waals surface area (Å²) < 4.78 is 5.42. The van der Waals surface area contributed by atoms with E-state index in [9.17, 15) is 9.59 Å². The molecule has 1 heterocycles. The minimum absolute atomic E-state index is 0.0706. The molecule has 7 heteroatoms. The molecule has 7 nitrogen and oxygen atoms in total. The summed E-state index contributed by atoms with van der Waals surface area (Å²) in [5, 5.41) is 14.9. The highest BCUT2D eigenvalue weighted by Gasteiger charge is 2.35. The molecule has 24 heavy (non-hydrogen) atoms. The van der Waals surface area contributed by atoms with E-state index in [1.807, 2.05) is 11.8 Å². The second-order valence-electron chi connectivity index (χ2n) is 7.07. The molecule has 138 valence electrons. The van der Waals surface area contributed by atoms with Crippen LogP contribution in [0.25, 0.3) is 0 Å². The lowest BCUT2D eigenvalue weighted by Crippen LogP contribution is -2.57. The van der Waals surface area contributed by atoms with E-state index in [-0.39, 0.29) is 30.1 Å². The number of hydrogen-bond donors (Lipinski definition) is 3. The van der Waals surface area contributed by atoms with E-state index in [1.54, 1.807) is 0 Å². The molecule has 2 rings (SSSR count). The van der Waals surface area contributed by atoms with Gasteiger partial charge in [-0.3, -0.25) is 9.69 Å². The number of carbonyl (C=O) groups is 2. The number of rotatable bonds is 8. The van der Waals surface area contributed by atoms with Crippen LogP contribution in [0.15, 0.2) is 0 Å².